The summed E-state index contributed by atoms with van der Waals surface area (Å²) in [6.45, 7) is 0.629. The summed E-state index contributed by atoms with van der Waals surface area (Å²) in [6.07, 6.45) is 0.869. The number of nitrogens with zero attached hydrogens (tertiary/aromatic N) is 1. The number of carbonyl (C=O) groups is 1. The van der Waals surface area contributed by atoms with Crippen molar-refractivity contribution < 1.29 is 18.3 Å². The summed E-state index contributed by atoms with van der Waals surface area (Å²) in [5.74, 6) is -2.09. The Morgan fingerprint density at radius 3 is 2.94 bits per heavy atom. The predicted octanol–water partition coefficient (Wildman–Crippen LogP) is 0.534. The molecule has 7 heteroatoms. The minimum atomic E-state index is -0.838. The van der Waals surface area contributed by atoms with Gasteiger partial charge in [-0.25, -0.2) is 13.8 Å². The summed E-state index contributed by atoms with van der Waals surface area (Å²) in [6, 6.07) is 0.693. The SMILES string of the molecule is COCCNC(=O)CNc1ncc(F)cc1F. The normalized spacial score (nSPS) is 10.1. The quantitative estimate of drug-likeness (QED) is 0.718. The first-order valence-corrected chi connectivity index (χ1v) is 4.94. The first kappa shape index (κ1) is 13.3. The molecule has 0 aromatic carbocycles. The largest absolute Gasteiger partial charge is 0.383 e. The summed E-state index contributed by atoms with van der Waals surface area (Å²) >= 11 is 0. The minimum absolute atomic E-state index is 0.140. The molecule has 0 unspecified atom stereocenters. The fourth-order valence-corrected chi connectivity index (χ4v) is 1.06. The highest BCUT2D eigenvalue weighted by Gasteiger charge is 2.06. The Labute approximate surface area is 97.2 Å². The van der Waals surface area contributed by atoms with Crippen LogP contribution in [0.15, 0.2) is 12.3 Å². The van der Waals surface area contributed by atoms with Gasteiger partial charge in [0.1, 0.15) is 5.82 Å². The molecule has 2 N–H and O–H groups in total. The molecule has 1 heterocycles. The second-order valence-corrected chi connectivity index (χ2v) is 3.18. The van der Waals surface area contributed by atoms with Gasteiger partial charge in [-0.3, -0.25) is 4.79 Å². The van der Waals surface area contributed by atoms with E-state index in [1.807, 2.05) is 0 Å². The van der Waals surface area contributed by atoms with Crippen LogP contribution in [0.4, 0.5) is 14.6 Å². The highest BCUT2D eigenvalue weighted by molar-refractivity contribution is 5.80. The Morgan fingerprint density at radius 1 is 1.53 bits per heavy atom. The maximum atomic E-state index is 13.1. The number of hydrogen-bond donors (Lipinski definition) is 2. The molecular weight excluding hydrogens is 232 g/mol. The fraction of sp³-hybridized carbons (Fsp3) is 0.400. The number of rotatable bonds is 6. The maximum Gasteiger partial charge on any atom is 0.239 e. The van der Waals surface area contributed by atoms with Crippen molar-refractivity contribution in [2.75, 3.05) is 32.1 Å². The standard InChI is InChI=1S/C10H13F2N3O2/c1-17-3-2-13-9(16)6-15-10-8(12)4-7(11)5-14-10/h4-5H,2-3,6H2,1H3,(H,13,16)(H,14,15). The monoisotopic (exact) mass is 245 g/mol. The molecule has 0 atom stereocenters. The van der Waals surface area contributed by atoms with E-state index in [0.29, 0.717) is 19.2 Å². The number of methoxy groups -OCH3 is 1. The van der Waals surface area contributed by atoms with E-state index in [9.17, 15) is 13.6 Å². The molecular formula is C10H13F2N3O2. The molecule has 0 saturated heterocycles. The summed E-state index contributed by atoms with van der Waals surface area (Å²) in [4.78, 5) is 14.7. The highest BCUT2D eigenvalue weighted by Crippen LogP contribution is 2.10. The van der Waals surface area contributed by atoms with Crippen molar-refractivity contribution in [3.05, 3.63) is 23.9 Å². The van der Waals surface area contributed by atoms with Gasteiger partial charge in [-0.2, -0.15) is 0 Å². The van der Waals surface area contributed by atoms with Gasteiger partial charge in [0.25, 0.3) is 0 Å². The van der Waals surface area contributed by atoms with Crippen molar-refractivity contribution in [2.24, 2.45) is 0 Å². The third-order valence-electron chi connectivity index (χ3n) is 1.85. The van der Waals surface area contributed by atoms with Crippen LogP contribution in [0.2, 0.25) is 0 Å². The number of nitrogens with one attached hydrogen (secondary N) is 2. The van der Waals surface area contributed by atoms with E-state index in [1.54, 1.807) is 0 Å². The van der Waals surface area contributed by atoms with E-state index in [4.69, 9.17) is 4.74 Å². The Bertz CT molecular complexity index is 388. The topological polar surface area (TPSA) is 63.2 Å². The molecule has 0 fully saturated rings. The Morgan fingerprint density at radius 2 is 2.29 bits per heavy atom. The van der Waals surface area contributed by atoms with E-state index >= 15 is 0 Å². The van der Waals surface area contributed by atoms with Gasteiger partial charge < -0.3 is 15.4 Å². The average molecular weight is 245 g/mol. The molecule has 1 aromatic heterocycles. The summed E-state index contributed by atoms with van der Waals surface area (Å²) in [5, 5.41) is 5.00. The zero-order chi connectivity index (χ0) is 12.7. The number of halogens is 2. The van der Waals surface area contributed by atoms with Crippen LogP contribution in [0.1, 0.15) is 0 Å². The van der Waals surface area contributed by atoms with Crippen molar-refractivity contribution in [3.8, 4) is 0 Å². The van der Waals surface area contributed by atoms with Gasteiger partial charge in [0, 0.05) is 19.7 Å². The number of hydrogen-bond acceptors (Lipinski definition) is 4. The summed E-state index contributed by atoms with van der Waals surface area (Å²) in [5.41, 5.74) is 0. The van der Waals surface area contributed by atoms with Gasteiger partial charge in [-0.05, 0) is 0 Å². The number of ether oxygens (including phenoxy) is 1. The van der Waals surface area contributed by atoms with Crippen LogP contribution in [0.3, 0.4) is 0 Å². The first-order chi connectivity index (χ1) is 8.13. The zero-order valence-corrected chi connectivity index (χ0v) is 9.30. The van der Waals surface area contributed by atoms with Crippen molar-refractivity contribution in [1.29, 1.82) is 0 Å². The van der Waals surface area contributed by atoms with E-state index < -0.39 is 11.6 Å². The number of pyridine rings is 1. The molecule has 17 heavy (non-hydrogen) atoms. The molecule has 1 aromatic rings. The highest BCUT2D eigenvalue weighted by atomic mass is 19.1. The molecule has 1 amide bonds. The molecule has 1 rings (SSSR count). The number of anilines is 1. The van der Waals surface area contributed by atoms with Gasteiger partial charge in [0.2, 0.25) is 5.91 Å². The molecule has 0 aliphatic rings. The lowest BCUT2D eigenvalue weighted by atomic mass is 10.4. The van der Waals surface area contributed by atoms with Crippen LogP contribution in [-0.2, 0) is 9.53 Å². The van der Waals surface area contributed by atoms with Crippen molar-refractivity contribution in [2.45, 2.75) is 0 Å². The third kappa shape index (κ3) is 4.73. The zero-order valence-electron chi connectivity index (χ0n) is 9.30. The van der Waals surface area contributed by atoms with E-state index in [1.165, 1.54) is 7.11 Å². The van der Waals surface area contributed by atoms with E-state index in [0.717, 1.165) is 6.20 Å². The number of amides is 1. The number of carbonyl (C=O) groups excluding carboxylic acids is 1. The van der Waals surface area contributed by atoms with Crippen LogP contribution in [0.5, 0.6) is 0 Å². The number of aromatic nitrogens is 1. The maximum absolute atomic E-state index is 13.1. The lowest BCUT2D eigenvalue weighted by molar-refractivity contribution is -0.119. The molecule has 5 nitrogen and oxygen atoms in total. The van der Waals surface area contributed by atoms with E-state index in [2.05, 4.69) is 15.6 Å². The van der Waals surface area contributed by atoms with Crippen LogP contribution >= 0.6 is 0 Å². The van der Waals surface area contributed by atoms with Crippen LogP contribution < -0.4 is 10.6 Å². The van der Waals surface area contributed by atoms with Gasteiger partial charge >= 0.3 is 0 Å². The molecule has 0 aliphatic carbocycles. The molecule has 0 bridgehead atoms. The van der Waals surface area contributed by atoms with E-state index in [-0.39, 0.29) is 18.3 Å². The minimum Gasteiger partial charge on any atom is -0.383 e. The summed E-state index contributed by atoms with van der Waals surface area (Å²) < 4.78 is 30.4. The smallest absolute Gasteiger partial charge is 0.239 e. The van der Waals surface area contributed by atoms with Crippen molar-refractivity contribution in [3.63, 3.8) is 0 Å². The molecule has 0 aliphatic heterocycles. The second kappa shape index (κ2) is 6.74. The Hall–Kier alpha value is -1.76. The van der Waals surface area contributed by atoms with Gasteiger partial charge in [-0.15, -0.1) is 0 Å². The van der Waals surface area contributed by atoms with Crippen molar-refractivity contribution in [1.82, 2.24) is 10.3 Å². The first-order valence-electron chi connectivity index (χ1n) is 4.94. The lowest BCUT2D eigenvalue weighted by Crippen LogP contribution is -2.32. The van der Waals surface area contributed by atoms with Gasteiger partial charge in [-0.1, -0.05) is 0 Å². The molecule has 0 spiro atoms. The average Bonchev–Trinajstić information content (AvgIpc) is 2.28. The van der Waals surface area contributed by atoms with Crippen LogP contribution in [0.25, 0.3) is 0 Å². The Balaban J connectivity index is 2.37. The van der Waals surface area contributed by atoms with Crippen LogP contribution in [0, 0.1) is 11.6 Å². The fourth-order valence-electron chi connectivity index (χ4n) is 1.06. The van der Waals surface area contributed by atoms with Gasteiger partial charge in [0.05, 0.1) is 19.3 Å². The summed E-state index contributed by atoms with van der Waals surface area (Å²) in [7, 11) is 1.52. The third-order valence-corrected chi connectivity index (χ3v) is 1.85. The molecule has 94 valence electrons. The lowest BCUT2D eigenvalue weighted by Gasteiger charge is -2.07. The predicted molar refractivity (Wildman–Crippen MR) is 57.5 cm³/mol. The van der Waals surface area contributed by atoms with Crippen LogP contribution in [-0.4, -0.2) is 37.7 Å². The molecule has 0 radical (unpaired) electrons. The Kier molecular flexibility index (Phi) is 5.28. The van der Waals surface area contributed by atoms with Gasteiger partial charge in [0.15, 0.2) is 11.6 Å². The van der Waals surface area contributed by atoms with Crippen molar-refractivity contribution >= 4 is 11.7 Å². The second-order valence-electron chi connectivity index (χ2n) is 3.18. The molecule has 0 saturated carbocycles.